The van der Waals surface area contributed by atoms with Gasteiger partial charge in [0.15, 0.2) is 0 Å². The first kappa shape index (κ1) is 40.5. The van der Waals surface area contributed by atoms with E-state index in [9.17, 15) is 18.3 Å². The van der Waals surface area contributed by atoms with E-state index in [4.69, 9.17) is 10.3 Å². The van der Waals surface area contributed by atoms with Crippen LogP contribution in [0.15, 0.2) is 24.5 Å². The number of rotatable bonds is 11. The highest BCUT2D eigenvalue weighted by Gasteiger charge is 2.16. The molecule has 9 nitrogen and oxygen atoms in total. The molecule has 0 aliphatic rings. The number of nitrogens with zero attached hydrogens (tertiary/aromatic N) is 3. The zero-order valence-electron chi connectivity index (χ0n) is 23.2. The highest BCUT2D eigenvalue weighted by molar-refractivity contribution is 7.85. The summed E-state index contributed by atoms with van der Waals surface area (Å²) in [6.07, 6.45) is 2.75. The predicted molar refractivity (Wildman–Crippen MR) is 139 cm³/mol. The average molecular weight is 527 g/mol. The van der Waals surface area contributed by atoms with E-state index < -0.39 is 16.1 Å². The third-order valence-corrected chi connectivity index (χ3v) is 7.39. The van der Waals surface area contributed by atoms with Crippen LogP contribution < -0.4 is 15.5 Å². The van der Waals surface area contributed by atoms with Gasteiger partial charge in [0.2, 0.25) is 0 Å². The van der Waals surface area contributed by atoms with Gasteiger partial charge in [-0.15, -0.1) is 0 Å². The van der Waals surface area contributed by atoms with Crippen LogP contribution in [0.25, 0.3) is 0 Å². The lowest BCUT2D eigenvalue weighted by Crippen LogP contribution is -3.00. The lowest BCUT2D eigenvalue weighted by Gasteiger charge is -2.34. The molecule has 35 heavy (non-hydrogen) atoms. The maximum Gasteiger partial charge on any atom is 0.266 e. The molecule has 0 radical (unpaired) electrons. The zero-order valence-corrected chi connectivity index (χ0v) is 24.0. The third-order valence-electron chi connectivity index (χ3n) is 6.64. The zero-order chi connectivity index (χ0) is 27.3. The number of hydrogen-bond donors (Lipinski definition) is 2. The summed E-state index contributed by atoms with van der Waals surface area (Å²) in [6.45, 7) is 28.4. The van der Waals surface area contributed by atoms with E-state index in [1.807, 2.05) is 0 Å². The molecule has 1 heterocycles. The summed E-state index contributed by atoms with van der Waals surface area (Å²) in [6, 6.07) is 2.98. The molecule has 11 heteroatoms. The molecule has 0 bridgehead atoms. The fourth-order valence-electron chi connectivity index (χ4n) is 3.32. The van der Waals surface area contributed by atoms with Crippen molar-refractivity contribution in [1.82, 2.24) is 4.98 Å². The normalized spacial score (nSPS) is 10.8. The predicted octanol–water partition coefficient (Wildman–Crippen LogP) is -0.952. The molecule has 0 saturated heterocycles. The van der Waals surface area contributed by atoms with Gasteiger partial charge in [0, 0.05) is 24.5 Å². The maximum absolute atomic E-state index is 10.0. The lowest BCUT2D eigenvalue weighted by molar-refractivity contribution is -0.921. The van der Waals surface area contributed by atoms with E-state index >= 15 is 0 Å². The second-order valence-electron chi connectivity index (χ2n) is 7.82. The topological polar surface area (TPSA) is 133 Å². The van der Waals surface area contributed by atoms with Crippen LogP contribution in [0.3, 0.4) is 0 Å². The van der Waals surface area contributed by atoms with Crippen molar-refractivity contribution in [2.45, 2.75) is 55.4 Å². The molecule has 0 atom stereocenters. The molecule has 0 saturated carbocycles. The van der Waals surface area contributed by atoms with Crippen LogP contribution in [0.1, 0.15) is 65.7 Å². The van der Waals surface area contributed by atoms with Crippen LogP contribution in [0.2, 0.25) is 0 Å². The minimum absolute atomic E-state index is 0. The molecule has 0 fully saturated rings. The van der Waals surface area contributed by atoms with Gasteiger partial charge in [-0.1, -0.05) is 6.07 Å². The number of carbonyl (C=O) groups is 1. The number of hydrogen-bond acceptors (Lipinski definition) is 6. The summed E-state index contributed by atoms with van der Waals surface area (Å²) in [4.78, 5) is 13.6. The summed E-state index contributed by atoms with van der Waals surface area (Å²) in [5, 5.41) is 10.0. The maximum atomic E-state index is 10.0. The van der Waals surface area contributed by atoms with E-state index in [0.29, 0.717) is 0 Å². The minimum Gasteiger partial charge on any atom is -1.00 e. The number of aromatic carboxylic acids is 1. The SMILES string of the molecule is CC[N+](CC)(CC)CC.CC[N+](CC)(CC)CC.NCCS(=O)(=O)O.O=C([O-])c1cccnc1.[F-]. The number of nitrogens with two attached hydrogens (primary N) is 1. The summed E-state index contributed by atoms with van der Waals surface area (Å²) >= 11 is 0. The standard InChI is InChI=1S/2C8H20N.C6H5NO2.C2H7NO3S.FH/c2*1-5-9(6-2,7-3)8-4;8-6(9)5-2-1-3-7-4-5;3-1-2-7(4,5)6;/h2*5-8H2,1-4H3;1-4H,(H,8,9);1-3H2,(H,4,5,6);1H/q2*+1;;;/p-2. The molecule has 210 valence electrons. The molecule has 0 spiro atoms. The first-order chi connectivity index (χ1) is 15.9. The summed E-state index contributed by atoms with van der Waals surface area (Å²) in [5.41, 5.74) is 4.88. The average Bonchev–Trinajstić information content (AvgIpc) is 2.84. The Bertz CT molecular complexity index is 659. The largest absolute Gasteiger partial charge is 1.00 e. The van der Waals surface area contributed by atoms with E-state index in [1.54, 1.807) is 6.07 Å². The second kappa shape index (κ2) is 22.8. The minimum atomic E-state index is -3.80. The fraction of sp³-hybridized carbons (Fsp3) is 0.750. The molecular formula is C24H51FN4O5S. The van der Waals surface area contributed by atoms with Gasteiger partial charge >= 0.3 is 0 Å². The summed E-state index contributed by atoms with van der Waals surface area (Å²) in [5.74, 6) is -1.55. The van der Waals surface area contributed by atoms with E-state index in [-0.39, 0.29) is 22.6 Å². The number of halogens is 1. The van der Waals surface area contributed by atoms with Crippen LogP contribution >= 0.6 is 0 Å². The summed E-state index contributed by atoms with van der Waals surface area (Å²) < 4.78 is 29.9. The first-order valence-electron chi connectivity index (χ1n) is 12.3. The van der Waals surface area contributed by atoms with Crippen LogP contribution in [0.5, 0.6) is 0 Å². The Morgan fingerprint density at radius 3 is 1.31 bits per heavy atom. The molecule has 0 aromatic carbocycles. The Hall–Kier alpha value is -1.66. The van der Waals surface area contributed by atoms with Crippen molar-refractivity contribution in [2.75, 3.05) is 64.7 Å². The van der Waals surface area contributed by atoms with Crippen molar-refractivity contribution >= 4 is 16.1 Å². The lowest BCUT2D eigenvalue weighted by atomic mass is 10.3. The van der Waals surface area contributed by atoms with Crippen LogP contribution in [0, 0.1) is 0 Å². The van der Waals surface area contributed by atoms with Gasteiger partial charge in [0.1, 0.15) is 0 Å². The number of carboxylic acids is 1. The van der Waals surface area contributed by atoms with Gasteiger partial charge in [-0.05, 0) is 61.5 Å². The highest BCUT2D eigenvalue weighted by Crippen LogP contribution is 2.04. The van der Waals surface area contributed by atoms with Gasteiger partial charge in [0.25, 0.3) is 10.1 Å². The molecule has 3 N–H and O–H groups in total. The first-order valence-corrected chi connectivity index (χ1v) is 13.9. The molecule has 0 amide bonds. The molecule has 1 aromatic heterocycles. The number of quaternary nitrogens is 2. The molecule has 0 aliphatic heterocycles. The van der Waals surface area contributed by atoms with E-state index in [2.05, 4.69) is 60.4 Å². The van der Waals surface area contributed by atoms with Gasteiger partial charge < -0.3 is 29.3 Å². The number of pyridine rings is 1. The quantitative estimate of drug-likeness (QED) is 0.280. The number of carboxylic acid groups (broad SMARTS) is 1. The van der Waals surface area contributed by atoms with Crippen molar-refractivity contribution in [3.05, 3.63) is 30.1 Å². The summed E-state index contributed by atoms with van der Waals surface area (Å²) in [7, 11) is -3.80. The fourth-order valence-corrected chi connectivity index (χ4v) is 3.61. The number of aromatic nitrogens is 1. The van der Waals surface area contributed by atoms with E-state index in [0.717, 1.165) is 0 Å². The van der Waals surface area contributed by atoms with Crippen molar-refractivity contribution in [1.29, 1.82) is 0 Å². The molecular weight excluding hydrogens is 475 g/mol. The Kier molecular flexibility index (Phi) is 26.4. The molecule has 1 aromatic rings. The smallest absolute Gasteiger partial charge is 0.266 e. The van der Waals surface area contributed by atoms with Gasteiger partial charge in [-0.3, -0.25) is 9.54 Å². The monoisotopic (exact) mass is 526 g/mol. The Morgan fingerprint density at radius 2 is 1.23 bits per heavy atom. The van der Waals surface area contributed by atoms with Crippen LogP contribution in [-0.4, -0.2) is 97.5 Å². The third kappa shape index (κ3) is 20.3. The number of carbonyl (C=O) groups excluding carboxylic acids is 1. The van der Waals surface area contributed by atoms with Crippen molar-refractivity contribution in [2.24, 2.45) is 5.73 Å². The van der Waals surface area contributed by atoms with Crippen molar-refractivity contribution in [3.63, 3.8) is 0 Å². The second-order valence-corrected chi connectivity index (χ2v) is 9.39. The van der Waals surface area contributed by atoms with Crippen molar-refractivity contribution < 1.29 is 36.5 Å². The molecule has 0 unspecified atom stereocenters. The Balaban J connectivity index is -0.000000182. The Morgan fingerprint density at radius 1 is 0.886 bits per heavy atom. The van der Waals surface area contributed by atoms with Gasteiger partial charge in [0.05, 0.1) is 64.1 Å². The molecule has 1 rings (SSSR count). The van der Waals surface area contributed by atoms with Crippen LogP contribution in [-0.2, 0) is 10.1 Å². The van der Waals surface area contributed by atoms with E-state index in [1.165, 1.54) is 79.8 Å². The van der Waals surface area contributed by atoms with Gasteiger partial charge in [-0.2, -0.15) is 8.42 Å². The van der Waals surface area contributed by atoms with Gasteiger partial charge in [-0.25, -0.2) is 0 Å². The Labute approximate surface area is 213 Å². The van der Waals surface area contributed by atoms with Crippen molar-refractivity contribution in [3.8, 4) is 0 Å². The highest BCUT2D eigenvalue weighted by atomic mass is 32.2. The van der Waals surface area contributed by atoms with Crippen LogP contribution in [0.4, 0.5) is 0 Å². The molecule has 0 aliphatic carbocycles.